The second-order valence-corrected chi connectivity index (χ2v) is 5.19. The molecule has 0 unspecified atom stereocenters. The summed E-state index contributed by atoms with van der Waals surface area (Å²) in [6.07, 6.45) is 6.77. The summed E-state index contributed by atoms with van der Waals surface area (Å²) >= 11 is 0. The Bertz CT molecular complexity index is 213. The molecule has 1 saturated carbocycles. The van der Waals surface area contributed by atoms with E-state index in [1.807, 2.05) is 7.05 Å². The topological polar surface area (TPSA) is 36.4 Å². The SMILES string of the molecule is CN=C(NCCCC1CC1)NCCC(C)C.I. The normalized spacial score (nSPS) is 15.6. The van der Waals surface area contributed by atoms with E-state index in [0.29, 0.717) is 0 Å². The van der Waals surface area contributed by atoms with E-state index in [0.717, 1.165) is 30.9 Å². The number of rotatable bonds is 7. The third-order valence-electron chi connectivity index (χ3n) is 3.02. The first kappa shape index (κ1) is 17.0. The van der Waals surface area contributed by atoms with Crippen molar-refractivity contribution in [2.24, 2.45) is 16.8 Å². The Hall–Kier alpha value is 0. The summed E-state index contributed by atoms with van der Waals surface area (Å²) in [5.74, 6) is 2.75. The second kappa shape index (κ2) is 9.97. The fraction of sp³-hybridized carbons (Fsp3) is 0.923. The molecule has 0 saturated heterocycles. The molecule has 0 aromatic heterocycles. The molecule has 4 heteroatoms. The summed E-state index contributed by atoms with van der Waals surface area (Å²) in [6.45, 7) is 6.55. The Morgan fingerprint density at radius 3 is 2.41 bits per heavy atom. The van der Waals surface area contributed by atoms with E-state index < -0.39 is 0 Å². The van der Waals surface area contributed by atoms with Crippen molar-refractivity contribution in [3.8, 4) is 0 Å². The van der Waals surface area contributed by atoms with Crippen molar-refractivity contribution in [1.29, 1.82) is 0 Å². The van der Waals surface area contributed by atoms with Gasteiger partial charge in [0.05, 0.1) is 0 Å². The van der Waals surface area contributed by atoms with Gasteiger partial charge in [-0.15, -0.1) is 24.0 Å². The molecule has 1 rings (SSSR count). The van der Waals surface area contributed by atoms with Crippen LogP contribution in [0.5, 0.6) is 0 Å². The van der Waals surface area contributed by atoms with Crippen LogP contribution in [-0.4, -0.2) is 26.1 Å². The van der Waals surface area contributed by atoms with Crippen LogP contribution in [0.1, 0.15) is 46.0 Å². The molecule has 0 spiro atoms. The number of guanidine groups is 1. The van der Waals surface area contributed by atoms with Gasteiger partial charge in [0, 0.05) is 20.1 Å². The van der Waals surface area contributed by atoms with Crippen LogP contribution >= 0.6 is 24.0 Å². The van der Waals surface area contributed by atoms with Crippen LogP contribution < -0.4 is 10.6 Å². The van der Waals surface area contributed by atoms with Gasteiger partial charge >= 0.3 is 0 Å². The summed E-state index contributed by atoms with van der Waals surface area (Å²) in [4.78, 5) is 4.21. The van der Waals surface area contributed by atoms with E-state index >= 15 is 0 Å². The van der Waals surface area contributed by atoms with E-state index in [2.05, 4.69) is 29.5 Å². The molecule has 0 aromatic carbocycles. The zero-order chi connectivity index (χ0) is 11.8. The first-order chi connectivity index (χ1) is 7.72. The maximum Gasteiger partial charge on any atom is 0.190 e. The summed E-state index contributed by atoms with van der Waals surface area (Å²) in [5, 5.41) is 6.71. The van der Waals surface area contributed by atoms with E-state index in [1.54, 1.807) is 0 Å². The van der Waals surface area contributed by atoms with Crippen molar-refractivity contribution in [1.82, 2.24) is 10.6 Å². The first-order valence-electron chi connectivity index (χ1n) is 6.67. The van der Waals surface area contributed by atoms with Crippen molar-refractivity contribution in [3.63, 3.8) is 0 Å². The van der Waals surface area contributed by atoms with Gasteiger partial charge in [-0.25, -0.2) is 0 Å². The molecule has 1 aliphatic rings. The molecule has 2 N–H and O–H groups in total. The minimum Gasteiger partial charge on any atom is -0.356 e. The number of nitrogens with zero attached hydrogens (tertiary/aromatic N) is 1. The molecule has 0 bridgehead atoms. The zero-order valence-electron chi connectivity index (χ0n) is 11.5. The maximum atomic E-state index is 4.21. The van der Waals surface area contributed by atoms with Crippen LogP contribution in [0.25, 0.3) is 0 Å². The predicted molar refractivity (Wildman–Crippen MR) is 86.2 cm³/mol. The average molecular weight is 353 g/mol. The summed E-state index contributed by atoms with van der Waals surface area (Å²) in [6, 6.07) is 0. The molecule has 0 aliphatic heterocycles. The zero-order valence-corrected chi connectivity index (χ0v) is 13.8. The lowest BCUT2D eigenvalue weighted by Crippen LogP contribution is -2.38. The summed E-state index contributed by atoms with van der Waals surface area (Å²) < 4.78 is 0. The lowest BCUT2D eigenvalue weighted by molar-refractivity contribution is 0.571. The van der Waals surface area contributed by atoms with Crippen molar-refractivity contribution < 1.29 is 0 Å². The molecular weight excluding hydrogens is 325 g/mol. The smallest absolute Gasteiger partial charge is 0.190 e. The van der Waals surface area contributed by atoms with Gasteiger partial charge in [-0.1, -0.05) is 26.7 Å². The Kier molecular flexibility index (Phi) is 9.97. The summed E-state index contributed by atoms with van der Waals surface area (Å²) in [7, 11) is 1.84. The van der Waals surface area contributed by atoms with Crippen LogP contribution in [0.2, 0.25) is 0 Å². The predicted octanol–water partition coefficient (Wildman–Crippen LogP) is 3.01. The van der Waals surface area contributed by atoms with Crippen LogP contribution in [0, 0.1) is 11.8 Å². The number of aliphatic imine (C=N–C) groups is 1. The number of halogens is 1. The van der Waals surface area contributed by atoms with Gasteiger partial charge in [-0.3, -0.25) is 4.99 Å². The molecule has 1 aliphatic carbocycles. The molecule has 3 nitrogen and oxygen atoms in total. The molecule has 102 valence electrons. The number of hydrogen-bond donors (Lipinski definition) is 2. The van der Waals surface area contributed by atoms with E-state index in [9.17, 15) is 0 Å². The Morgan fingerprint density at radius 2 is 1.88 bits per heavy atom. The number of nitrogens with one attached hydrogen (secondary N) is 2. The van der Waals surface area contributed by atoms with E-state index in [-0.39, 0.29) is 24.0 Å². The van der Waals surface area contributed by atoms with Gasteiger partial charge in [-0.2, -0.15) is 0 Å². The molecule has 1 fully saturated rings. The monoisotopic (exact) mass is 353 g/mol. The van der Waals surface area contributed by atoms with Crippen molar-refractivity contribution in [2.75, 3.05) is 20.1 Å². The van der Waals surface area contributed by atoms with Gasteiger partial charge in [0.25, 0.3) is 0 Å². The molecular formula is C13H28IN3. The van der Waals surface area contributed by atoms with Gasteiger partial charge in [0.2, 0.25) is 0 Å². The molecule has 0 radical (unpaired) electrons. The van der Waals surface area contributed by atoms with Crippen LogP contribution in [0.3, 0.4) is 0 Å². The van der Waals surface area contributed by atoms with Gasteiger partial charge in [0.1, 0.15) is 0 Å². The first-order valence-corrected chi connectivity index (χ1v) is 6.67. The van der Waals surface area contributed by atoms with Crippen molar-refractivity contribution in [2.45, 2.75) is 46.0 Å². The summed E-state index contributed by atoms with van der Waals surface area (Å²) in [5.41, 5.74) is 0. The van der Waals surface area contributed by atoms with Gasteiger partial charge in [-0.05, 0) is 31.1 Å². The molecule has 0 amide bonds. The largest absolute Gasteiger partial charge is 0.356 e. The van der Waals surface area contributed by atoms with Crippen molar-refractivity contribution >= 4 is 29.9 Å². The minimum atomic E-state index is 0. The molecule has 0 heterocycles. The highest BCUT2D eigenvalue weighted by molar-refractivity contribution is 14.0. The van der Waals surface area contributed by atoms with E-state index in [1.165, 1.54) is 32.1 Å². The van der Waals surface area contributed by atoms with E-state index in [4.69, 9.17) is 0 Å². The molecule has 0 atom stereocenters. The Balaban J connectivity index is 0.00000256. The van der Waals surface area contributed by atoms with Crippen LogP contribution in [0.4, 0.5) is 0 Å². The number of hydrogen-bond acceptors (Lipinski definition) is 1. The highest BCUT2D eigenvalue weighted by Crippen LogP contribution is 2.33. The quantitative estimate of drug-likeness (QED) is 0.320. The lowest BCUT2D eigenvalue weighted by atomic mass is 10.1. The highest BCUT2D eigenvalue weighted by atomic mass is 127. The van der Waals surface area contributed by atoms with Crippen LogP contribution in [0.15, 0.2) is 4.99 Å². The third-order valence-corrected chi connectivity index (χ3v) is 3.02. The van der Waals surface area contributed by atoms with Gasteiger partial charge < -0.3 is 10.6 Å². The van der Waals surface area contributed by atoms with Crippen molar-refractivity contribution in [3.05, 3.63) is 0 Å². The van der Waals surface area contributed by atoms with Gasteiger partial charge in [0.15, 0.2) is 5.96 Å². The Morgan fingerprint density at radius 1 is 1.24 bits per heavy atom. The second-order valence-electron chi connectivity index (χ2n) is 5.19. The minimum absolute atomic E-state index is 0. The average Bonchev–Trinajstić information content (AvgIpc) is 3.05. The third kappa shape index (κ3) is 9.68. The van der Waals surface area contributed by atoms with Crippen LogP contribution in [-0.2, 0) is 0 Å². The fourth-order valence-corrected chi connectivity index (χ4v) is 1.70. The molecule has 17 heavy (non-hydrogen) atoms. The Labute approximate surface area is 123 Å². The highest BCUT2D eigenvalue weighted by Gasteiger charge is 2.19. The lowest BCUT2D eigenvalue weighted by Gasteiger charge is -2.12. The molecule has 0 aromatic rings. The standard InChI is InChI=1S/C13H27N3.HI/c1-11(2)8-10-16-13(14-3)15-9-4-5-12-6-7-12;/h11-12H,4-10H2,1-3H3,(H2,14,15,16);1H. The fourth-order valence-electron chi connectivity index (χ4n) is 1.70. The maximum absolute atomic E-state index is 4.21.